The molecule has 4 nitrogen and oxygen atoms in total. The minimum absolute atomic E-state index is 0.264. The van der Waals surface area contributed by atoms with Gasteiger partial charge in [-0.15, -0.1) is 0 Å². The van der Waals surface area contributed by atoms with E-state index in [4.69, 9.17) is 5.11 Å². The second-order valence-corrected chi connectivity index (χ2v) is 5.91. The summed E-state index contributed by atoms with van der Waals surface area (Å²) in [6, 6.07) is 2.82. The van der Waals surface area contributed by atoms with Crippen LogP contribution in [0.15, 0.2) is 16.6 Å². The molecule has 1 saturated carbocycles. The summed E-state index contributed by atoms with van der Waals surface area (Å²) in [5.41, 5.74) is 1.10. The second kappa shape index (κ2) is 5.91. The fourth-order valence-corrected chi connectivity index (χ4v) is 2.92. The predicted octanol–water partition coefficient (Wildman–Crippen LogP) is 3.34. The molecule has 2 rings (SSSR count). The first kappa shape index (κ1) is 15.0. The van der Waals surface area contributed by atoms with Gasteiger partial charge in [0.2, 0.25) is 5.91 Å². The van der Waals surface area contributed by atoms with Crippen LogP contribution in [-0.4, -0.2) is 17.0 Å². The summed E-state index contributed by atoms with van der Waals surface area (Å²) in [4.78, 5) is 23.3. The maximum atomic E-state index is 13.3. The van der Waals surface area contributed by atoms with Gasteiger partial charge in [-0.3, -0.25) is 9.59 Å². The van der Waals surface area contributed by atoms with E-state index in [1.54, 1.807) is 6.92 Å². The van der Waals surface area contributed by atoms with E-state index in [1.807, 2.05) is 0 Å². The SMILES string of the molecule is Cc1cc(F)c(Br)cc1NC(=O)C1CCCC1C(=O)O. The van der Waals surface area contributed by atoms with E-state index in [-0.39, 0.29) is 10.4 Å². The average Bonchev–Trinajstić information content (AvgIpc) is 2.85. The molecule has 0 aliphatic heterocycles. The molecular weight excluding hydrogens is 329 g/mol. The number of carbonyl (C=O) groups is 2. The summed E-state index contributed by atoms with van der Waals surface area (Å²) in [5.74, 6) is -2.78. The molecule has 0 spiro atoms. The molecule has 1 aliphatic rings. The van der Waals surface area contributed by atoms with Crippen molar-refractivity contribution in [3.05, 3.63) is 28.0 Å². The third-order valence-electron chi connectivity index (χ3n) is 3.70. The maximum absolute atomic E-state index is 13.3. The first-order chi connectivity index (χ1) is 9.40. The van der Waals surface area contributed by atoms with E-state index in [1.165, 1.54) is 12.1 Å². The maximum Gasteiger partial charge on any atom is 0.307 e. The highest BCUT2D eigenvalue weighted by atomic mass is 79.9. The number of rotatable bonds is 3. The Morgan fingerprint density at radius 2 is 2.00 bits per heavy atom. The molecule has 1 fully saturated rings. The monoisotopic (exact) mass is 343 g/mol. The van der Waals surface area contributed by atoms with Crippen LogP contribution in [0.3, 0.4) is 0 Å². The van der Waals surface area contributed by atoms with Crippen LogP contribution in [0.5, 0.6) is 0 Å². The molecule has 2 N–H and O–H groups in total. The van der Waals surface area contributed by atoms with Crippen molar-refractivity contribution in [2.45, 2.75) is 26.2 Å². The summed E-state index contributed by atoms with van der Waals surface area (Å²) in [5, 5.41) is 11.8. The van der Waals surface area contributed by atoms with Gasteiger partial charge >= 0.3 is 5.97 Å². The highest BCUT2D eigenvalue weighted by Crippen LogP contribution is 2.33. The van der Waals surface area contributed by atoms with Gasteiger partial charge in [0, 0.05) is 5.69 Å². The van der Waals surface area contributed by atoms with Crippen LogP contribution in [0.1, 0.15) is 24.8 Å². The molecule has 108 valence electrons. The van der Waals surface area contributed by atoms with Gasteiger partial charge in [0.1, 0.15) is 5.82 Å². The topological polar surface area (TPSA) is 66.4 Å². The molecule has 0 heterocycles. The summed E-state index contributed by atoms with van der Waals surface area (Å²) in [7, 11) is 0. The molecular formula is C14H15BrFNO3. The molecule has 2 unspecified atom stereocenters. The van der Waals surface area contributed by atoms with E-state index in [9.17, 15) is 14.0 Å². The molecule has 1 aliphatic carbocycles. The first-order valence-electron chi connectivity index (χ1n) is 6.39. The van der Waals surface area contributed by atoms with Crippen molar-refractivity contribution in [3.8, 4) is 0 Å². The lowest BCUT2D eigenvalue weighted by Crippen LogP contribution is -2.30. The number of amides is 1. The lowest BCUT2D eigenvalue weighted by Gasteiger charge is -2.17. The van der Waals surface area contributed by atoms with Gasteiger partial charge in [-0.25, -0.2) is 4.39 Å². The number of aryl methyl sites for hydroxylation is 1. The van der Waals surface area contributed by atoms with Crippen LogP contribution in [0.2, 0.25) is 0 Å². The third-order valence-corrected chi connectivity index (χ3v) is 4.30. The van der Waals surface area contributed by atoms with E-state index < -0.39 is 23.6 Å². The molecule has 1 aromatic carbocycles. The van der Waals surface area contributed by atoms with Crippen LogP contribution in [0.25, 0.3) is 0 Å². The standard InChI is InChI=1S/C14H15BrFNO3/c1-7-5-11(16)10(15)6-12(7)17-13(18)8-3-2-4-9(8)14(19)20/h5-6,8-9H,2-4H2,1H3,(H,17,18)(H,19,20). The Balaban J connectivity index is 2.16. The number of carboxylic acid groups (broad SMARTS) is 1. The Kier molecular flexibility index (Phi) is 4.42. The van der Waals surface area contributed by atoms with Gasteiger partial charge < -0.3 is 10.4 Å². The number of halogens is 2. The molecule has 0 radical (unpaired) electrons. The lowest BCUT2D eigenvalue weighted by molar-refractivity contribution is -0.145. The van der Waals surface area contributed by atoms with Gasteiger partial charge in [0.05, 0.1) is 16.3 Å². The summed E-state index contributed by atoms with van der Waals surface area (Å²) in [6.45, 7) is 1.69. The molecule has 0 saturated heterocycles. The van der Waals surface area contributed by atoms with E-state index >= 15 is 0 Å². The first-order valence-corrected chi connectivity index (χ1v) is 7.18. The number of aliphatic carboxylic acids is 1. The Morgan fingerprint density at radius 3 is 2.65 bits per heavy atom. The molecule has 0 bridgehead atoms. The minimum Gasteiger partial charge on any atom is -0.481 e. The number of hydrogen-bond donors (Lipinski definition) is 2. The molecule has 2 atom stereocenters. The molecule has 0 aromatic heterocycles. The third kappa shape index (κ3) is 3.00. The van der Waals surface area contributed by atoms with Crippen molar-refractivity contribution in [2.75, 3.05) is 5.32 Å². The predicted molar refractivity (Wildman–Crippen MR) is 75.9 cm³/mol. The zero-order valence-electron chi connectivity index (χ0n) is 11.0. The van der Waals surface area contributed by atoms with Crippen molar-refractivity contribution in [3.63, 3.8) is 0 Å². The van der Waals surface area contributed by atoms with Crippen LogP contribution in [0, 0.1) is 24.6 Å². The van der Waals surface area contributed by atoms with Crippen molar-refractivity contribution in [1.29, 1.82) is 0 Å². The Labute approximate surface area is 124 Å². The zero-order valence-corrected chi connectivity index (χ0v) is 12.5. The number of benzene rings is 1. The largest absolute Gasteiger partial charge is 0.481 e. The Bertz CT molecular complexity index is 562. The smallest absolute Gasteiger partial charge is 0.307 e. The van der Waals surface area contributed by atoms with E-state index in [0.717, 1.165) is 6.42 Å². The lowest BCUT2D eigenvalue weighted by atomic mass is 9.95. The number of anilines is 1. The summed E-state index contributed by atoms with van der Waals surface area (Å²) >= 11 is 3.07. The van der Waals surface area contributed by atoms with Crippen LogP contribution in [-0.2, 0) is 9.59 Å². The fraction of sp³-hybridized carbons (Fsp3) is 0.429. The highest BCUT2D eigenvalue weighted by molar-refractivity contribution is 9.10. The van der Waals surface area contributed by atoms with E-state index in [0.29, 0.717) is 24.1 Å². The van der Waals surface area contributed by atoms with E-state index in [2.05, 4.69) is 21.2 Å². The van der Waals surface area contributed by atoms with Gasteiger partial charge in [-0.2, -0.15) is 0 Å². The number of nitrogens with one attached hydrogen (secondary N) is 1. The number of carboxylic acids is 1. The van der Waals surface area contributed by atoms with Crippen LogP contribution < -0.4 is 5.32 Å². The number of carbonyl (C=O) groups excluding carboxylic acids is 1. The average molecular weight is 344 g/mol. The van der Waals surface area contributed by atoms with Crippen molar-refractivity contribution in [1.82, 2.24) is 0 Å². The quantitative estimate of drug-likeness (QED) is 0.884. The highest BCUT2D eigenvalue weighted by Gasteiger charge is 2.37. The van der Waals surface area contributed by atoms with Gasteiger partial charge in [-0.1, -0.05) is 6.42 Å². The van der Waals surface area contributed by atoms with Gasteiger partial charge in [0.25, 0.3) is 0 Å². The summed E-state index contributed by atoms with van der Waals surface area (Å²) < 4.78 is 13.6. The normalized spacial score (nSPS) is 21.8. The van der Waals surface area contributed by atoms with Crippen LogP contribution in [0.4, 0.5) is 10.1 Å². The van der Waals surface area contributed by atoms with Gasteiger partial charge in [-0.05, 0) is 53.4 Å². The fourth-order valence-electron chi connectivity index (χ4n) is 2.58. The minimum atomic E-state index is -0.931. The molecule has 6 heteroatoms. The van der Waals surface area contributed by atoms with Gasteiger partial charge in [0.15, 0.2) is 0 Å². The number of hydrogen-bond acceptors (Lipinski definition) is 2. The second-order valence-electron chi connectivity index (χ2n) is 5.05. The molecule has 20 heavy (non-hydrogen) atoms. The van der Waals surface area contributed by atoms with Crippen molar-refractivity contribution >= 4 is 33.5 Å². The molecule has 1 aromatic rings. The Morgan fingerprint density at radius 1 is 1.35 bits per heavy atom. The van der Waals surface area contributed by atoms with Crippen molar-refractivity contribution < 1.29 is 19.1 Å². The van der Waals surface area contributed by atoms with Crippen LogP contribution >= 0.6 is 15.9 Å². The zero-order chi connectivity index (χ0) is 14.9. The molecule has 1 amide bonds. The van der Waals surface area contributed by atoms with Crippen molar-refractivity contribution in [2.24, 2.45) is 11.8 Å². The summed E-state index contributed by atoms with van der Waals surface area (Å²) in [6.07, 6.45) is 1.84. The Hall–Kier alpha value is -1.43.